The van der Waals surface area contributed by atoms with Gasteiger partial charge < -0.3 is 15.2 Å². The molecule has 0 bridgehead atoms. The second-order valence-corrected chi connectivity index (χ2v) is 7.27. The first-order valence-electron chi connectivity index (χ1n) is 7.90. The van der Waals surface area contributed by atoms with Crippen LogP contribution in [0, 0.1) is 0 Å². The van der Waals surface area contributed by atoms with Crippen LogP contribution in [-0.4, -0.2) is 27.3 Å². The van der Waals surface area contributed by atoms with Gasteiger partial charge in [0.15, 0.2) is 11.0 Å². The Morgan fingerprint density at radius 2 is 2.00 bits per heavy atom. The molecule has 7 nitrogen and oxygen atoms in total. The Morgan fingerprint density at radius 1 is 1.22 bits per heavy atom. The molecule has 1 aliphatic heterocycles. The summed E-state index contributed by atoms with van der Waals surface area (Å²) in [5.74, 6) is 1.69. The van der Waals surface area contributed by atoms with Crippen LogP contribution in [0.3, 0.4) is 0 Å². The molecule has 1 unspecified atom stereocenters. The zero-order chi connectivity index (χ0) is 19.2. The summed E-state index contributed by atoms with van der Waals surface area (Å²) in [6.45, 7) is 0.448. The van der Waals surface area contributed by atoms with Crippen LogP contribution in [0.15, 0.2) is 59.2 Å². The first kappa shape index (κ1) is 19.6. The SMILES string of the molecule is NCC1=CCC=C(COc2nccnc2NS(=O)c2cccc(Cl)c2Cl)O1. The maximum atomic E-state index is 12.6. The molecule has 0 fully saturated rings. The third kappa shape index (κ3) is 4.98. The van der Waals surface area contributed by atoms with Gasteiger partial charge in [-0.1, -0.05) is 29.3 Å². The summed E-state index contributed by atoms with van der Waals surface area (Å²) >= 11 is 12.1. The van der Waals surface area contributed by atoms with Crippen LogP contribution in [0.4, 0.5) is 5.82 Å². The Morgan fingerprint density at radius 3 is 2.81 bits per heavy atom. The molecule has 0 radical (unpaired) electrons. The third-order valence-corrected chi connectivity index (χ3v) is 5.52. The van der Waals surface area contributed by atoms with Crippen molar-refractivity contribution in [1.29, 1.82) is 0 Å². The molecule has 10 heteroatoms. The van der Waals surface area contributed by atoms with E-state index in [1.807, 2.05) is 12.2 Å². The van der Waals surface area contributed by atoms with E-state index in [0.717, 1.165) is 0 Å². The maximum absolute atomic E-state index is 12.6. The number of anilines is 1. The molecule has 1 aliphatic rings. The van der Waals surface area contributed by atoms with Crippen molar-refractivity contribution in [2.24, 2.45) is 5.73 Å². The first-order chi connectivity index (χ1) is 13.1. The Bertz CT molecular complexity index is 921. The molecular formula is C17H16Cl2N4O3S. The number of hydrogen-bond acceptors (Lipinski definition) is 6. The Hall–Kier alpha value is -2.13. The standard InChI is InChI=1S/C17H16Cl2N4O3S/c18-13-5-2-6-14(15(13)19)27(24)23-16-17(22-8-7-21-16)25-10-12-4-1-3-11(9-20)26-12/h2-8H,1,9-10,20H2,(H,21,23). The maximum Gasteiger partial charge on any atom is 0.258 e. The zero-order valence-electron chi connectivity index (χ0n) is 14.0. The molecule has 2 aromatic rings. The van der Waals surface area contributed by atoms with Crippen molar-refractivity contribution in [1.82, 2.24) is 9.97 Å². The van der Waals surface area contributed by atoms with E-state index in [1.54, 1.807) is 18.2 Å². The van der Waals surface area contributed by atoms with Gasteiger partial charge in [-0.2, -0.15) is 0 Å². The van der Waals surface area contributed by atoms with Gasteiger partial charge in [0.05, 0.1) is 21.5 Å². The van der Waals surface area contributed by atoms with Crippen LogP contribution in [0.2, 0.25) is 10.0 Å². The van der Waals surface area contributed by atoms with E-state index < -0.39 is 11.0 Å². The average molecular weight is 427 g/mol. The second-order valence-electron chi connectivity index (χ2n) is 5.30. The van der Waals surface area contributed by atoms with Gasteiger partial charge in [-0.15, -0.1) is 0 Å². The Labute approximate surface area is 168 Å². The van der Waals surface area contributed by atoms with Gasteiger partial charge in [0.1, 0.15) is 18.1 Å². The summed E-state index contributed by atoms with van der Waals surface area (Å²) in [5.41, 5.74) is 5.58. The highest BCUT2D eigenvalue weighted by molar-refractivity contribution is 7.86. The zero-order valence-corrected chi connectivity index (χ0v) is 16.4. The number of ether oxygens (including phenoxy) is 2. The fourth-order valence-electron chi connectivity index (χ4n) is 2.20. The minimum Gasteiger partial charge on any atom is -0.467 e. The minimum atomic E-state index is -1.70. The van der Waals surface area contributed by atoms with Crippen LogP contribution in [0.5, 0.6) is 5.88 Å². The number of benzene rings is 1. The predicted octanol–water partition coefficient (Wildman–Crippen LogP) is 3.44. The number of nitrogens with one attached hydrogen (secondary N) is 1. The number of nitrogens with zero attached hydrogens (tertiary/aromatic N) is 2. The molecule has 0 saturated heterocycles. The lowest BCUT2D eigenvalue weighted by molar-refractivity contribution is 0.216. The van der Waals surface area contributed by atoms with Gasteiger partial charge in [0.2, 0.25) is 5.82 Å². The fourth-order valence-corrected chi connectivity index (χ4v) is 3.66. The number of halogens is 2. The number of hydrogen-bond donors (Lipinski definition) is 2. The van der Waals surface area contributed by atoms with Crippen molar-refractivity contribution < 1.29 is 13.7 Å². The molecule has 0 spiro atoms. The predicted molar refractivity (Wildman–Crippen MR) is 105 cm³/mol. The molecule has 1 atom stereocenters. The smallest absolute Gasteiger partial charge is 0.258 e. The van der Waals surface area contributed by atoms with E-state index in [9.17, 15) is 4.21 Å². The molecule has 142 valence electrons. The topological polar surface area (TPSA) is 99.4 Å². The van der Waals surface area contributed by atoms with Gasteiger partial charge in [0.25, 0.3) is 5.88 Å². The number of rotatable bonds is 7. The van der Waals surface area contributed by atoms with Crippen molar-refractivity contribution in [3.8, 4) is 5.88 Å². The molecule has 27 heavy (non-hydrogen) atoms. The van der Waals surface area contributed by atoms with Crippen molar-refractivity contribution in [2.45, 2.75) is 11.3 Å². The second kappa shape index (κ2) is 9.18. The van der Waals surface area contributed by atoms with Crippen LogP contribution < -0.4 is 15.2 Å². The van der Waals surface area contributed by atoms with E-state index in [2.05, 4.69) is 14.7 Å². The summed E-state index contributed by atoms with van der Waals surface area (Å²) in [6, 6.07) is 4.88. The third-order valence-electron chi connectivity index (χ3n) is 3.48. The highest BCUT2D eigenvalue weighted by atomic mass is 35.5. The first-order valence-corrected chi connectivity index (χ1v) is 9.81. The van der Waals surface area contributed by atoms with E-state index in [0.29, 0.717) is 34.4 Å². The fraction of sp³-hybridized carbons (Fsp3) is 0.176. The average Bonchev–Trinajstić information content (AvgIpc) is 2.69. The monoisotopic (exact) mass is 426 g/mol. The summed E-state index contributed by atoms with van der Waals surface area (Å²) in [7, 11) is -1.70. The number of allylic oxidation sites excluding steroid dienone is 2. The molecule has 2 heterocycles. The van der Waals surface area contributed by atoms with Crippen molar-refractivity contribution in [2.75, 3.05) is 17.9 Å². The summed E-state index contributed by atoms with van der Waals surface area (Å²) in [4.78, 5) is 8.59. The normalized spacial score (nSPS) is 14.6. The minimum absolute atomic E-state index is 0.134. The molecule has 1 aromatic heterocycles. The Balaban J connectivity index is 1.70. The highest BCUT2D eigenvalue weighted by Gasteiger charge is 2.16. The quantitative estimate of drug-likeness (QED) is 0.703. The molecule has 0 amide bonds. The molecule has 0 aliphatic carbocycles. The molecular weight excluding hydrogens is 411 g/mol. The lowest BCUT2D eigenvalue weighted by Crippen LogP contribution is -2.14. The van der Waals surface area contributed by atoms with Crippen LogP contribution >= 0.6 is 23.2 Å². The van der Waals surface area contributed by atoms with E-state index in [4.69, 9.17) is 38.4 Å². The number of aromatic nitrogens is 2. The molecule has 3 N–H and O–H groups in total. The van der Waals surface area contributed by atoms with Gasteiger partial charge in [-0.25, -0.2) is 14.2 Å². The van der Waals surface area contributed by atoms with Crippen molar-refractivity contribution in [3.63, 3.8) is 0 Å². The lowest BCUT2D eigenvalue weighted by atomic mass is 10.2. The molecule has 0 saturated carbocycles. The van der Waals surface area contributed by atoms with E-state index in [-0.39, 0.29) is 23.3 Å². The van der Waals surface area contributed by atoms with Crippen LogP contribution in [0.1, 0.15) is 6.42 Å². The summed E-state index contributed by atoms with van der Waals surface area (Å²) in [5, 5.41) is 0.517. The van der Waals surface area contributed by atoms with Crippen molar-refractivity contribution >= 4 is 40.0 Å². The molecule has 1 aromatic carbocycles. The molecule has 3 rings (SSSR count). The van der Waals surface area contributed by atoms with Crippen LogP contribution in [0.25, 0.3) is 0 Å². The lowest BCUT2D eigenvalue weighted by Gasteiger charge is -2.17. The van der Waals surface area contributed by atoms with Crippen molar-refractivity contribution in [3.05, 3.63) is 64.3 Å². The van der Waals surface area contributed by atoms with Gasteiger partial charge in [-0.3, -0.25) is 4.72 Å². The number of nitrogens with two attached hydrogens (primary N) is 1. The van der Waals surface area contributed by atoms with E-state index >= 15 is 0 Å². The van der Waals surface area contributed by atoms with Gasteiger partial charge in [0, 0.05) is 12.4 Å². The van der Waals surface area contributed by atoms with Gasteiger partial charge in [-0.05, 0) is 30.7 Å². The Kier molecular flexibility index (Phi) is 6.68. The van der Waals surface area contributed by atoms with Crippen LogP contribution in [-0.2, 0) is 15.7 Å². The summed E-state index contributed by atoms with van der Waals surface area (Å²) in [6.07, 6.45) is 7.42. The largest absolute Gasteiger partial charge is 0.467 e. The highest BCUT2D eigenvalue weighted by Crippen LogP contribution is 2.29. The van der Waals surface area contributed by atoms with E-state index in [1.165, 1.54) is 12.4 Å². The van der Waals surface area contributed by atoms with Gasteiger partial charge >= 0.3 is 0 Å². The summed E-state index contributed by atoms with van der Waals surface area (Å²) < 4.78 is 26.6.